The van der Waals surface area contributed by atoms with Gasteiger partial charge in [-0.25, -0.2) is 19.6 Å². The van der Waals surface area contributed by atoms with Gasteiger partial charge in [-0.2, -0.15) is 10.2 Å². The minimum Gasteiger partial charge on any atom is -0.383 e. The van der Waals surface area contributed by atoms with Crippen LogP contribution in [0.25, 0.3) is 32.9 Å². The lowest BCUT2D eigenvalue weighted by Crippen LogP contribution is -2.29. The summed E-state index contributed by atoms with van der Waals surface area (Å²) in [7, 11) is 3.53. The summed E-state index contributed by atoms with van der Waals surface area (Å²) in [5, 5.41) is 15.4. The first-order chi connectivity index (χ1) is 17.2. The summed E-state index contributed by atoms with van der Waals surface area (Å²) in [4.78, 5) is 38.4. The Morgan fingerprint density at radius 3 is 2.75 bits per heavy atom. The van der Waals surface area contributed by atoms with Crippen LogP contribution in [0, 0.1) is 17.3 Å². The second-order valence-corrected chi connectivity index (χ2v) is 9.92. The van der Waals surface area contributed by atoms with E-state index in [0.29, 0.717) is 39.2 Å². The highest BCUT2D eigenvalue weighted by molar-refractivity contribution is 5.99. The van der Waals surface area contributed by atoms with E-state index in [2.05, 4.69) is 37.4 Å². The molecule has 5 heterocycles. The molecule has 6 rings (SSSR count). The summed E-state index contributed by atoms with van der Waals surface area (Å²) in [6.07, 6.45) is 7.61. The summed E-state index contributed by atoms with van der Waals surface area (Å²) in [5.41, 5.74) is 7.51. The fourth-order valence-electron chi connectivity index (χ4n) is 5.09. The molecule has 1 unspecified atom stereocenters. The fourth-order valence-corrected chi connectivity index (χ4v) is 5.09. The van der Waals surface area contributed by atoms with Crippen LogP contribution in [0.15, 0.2) is 46.7 Å². The number of nitrogens with one attached hydrogen (secondary N) is 1. The number of carbonyl (C=O) groups is 1. The third-order valence-electron chi connectivity index (χ3n) is 7.17. The van der Waals surface area contributed by atoms with Gasteiger partial charge < -0.3 is 11.1 Å². The van der Waals surface area contributed by atoms with Crippen LogP contribution in [0.5, 0.6) is 0 Å². The number of amides is 1. The Balaban J connectivity index is 1.27. The van der Waals surface area contributed by atoms with Gasteiger partial charge in [0.1, 0.15) is 17.2 Å². The molecule has 2 aliphatic rings. The molecular weight excluding hydrogens is 458 g/mol. The molecule has 1 aliphatic carbocycles. The van der Waals surface area contributed by atoms with E-state index in [1.807, 2.05) is 30.4 Å². The highest BCUT2D eigenvalue weighted by Gasteiger charge is 2.54. The van der Waals surface area contributed by atoms with Gasteiger partial charge in [-0.05, 0) is 35.9 Å². The molecule has 3 atom stereocenters. The zero-order chi connectivity index (χ0) is 25.2. The lowest BCUT2D eigenvalue weighted by atomic mass is 9.85. The second kappa shape index (κ2) is 7.80. The highest BCUT2D eigenvalue weighted by atomic mass is 16.2. The first kappa shape index (κ1) is 22.1. The molecule has 0 saturated heterocycles. The van der Waals surface area contributed by atoms with E-state index in [1.165, 1.54) is 4.68 Å². The van der Waals surface area contributed by atoms with Crippen molar-refractivity contribution in [1.29, 1.82) is 0 Å². The number of aryl methyl sites for hydroxylation is 1. The molecule has 0 spiro atoms. The lowest BCUT2D eigenvalue weighted by Gasteiger charge is -2.21. The zero-order valence-electron chi connectivity index (χ0n) is 20.1. The van der Waals surface area contributed by atoms with Gasteiger partial charge in [0.05, 0.1) is 11.9 Å². The molecule has 0 radical (unpaired) electrons. The quantitative estimate of drug-likeness (QED) is 0.449. The number of pyridine rings is 3. The third kappa shape index (κ3) is 3.63. The minimum absolute atomic E-state index is 0.0360. The molecule has 1 saturated carbocycles. The maximum Gasteiger partial charge on any atom is 0.292 e. The monoisotopic (exact) mass is 483 g/mol. The van der Waals surface area contributed by atoms with Gasteiger partial charge in [0.25, 0.3) is 5.56 Å². The van der Waals surface area contributed by atoms with Crippen LogP contribution in [0.1, 0.15) is 13.3 Å². The summed E-state index contributed by atoms with van der Waals surface area (Å²) in [5.74, 6) is 0.945. The number of hydrogen-bond donors (Lipinski definition) is 2. The van der Waals surface area contributed by atoms with E-state index in [-0.39, 0.29) is 28.7 Å². The first-order valence-electron chi connectivity index (χ1n) is 11.7. The molecule has 11 nitrogen and oxygen atoms in total. The van der Waals surface area contributed by atoms with Gasteiger partial charge in [-0.3, -0.25) is 14.6 Å². The van der Waals surface area contributed by atoms with Crippen molar-refractivity contribution in [2.24, 2.45) is 29.4 Å². The number of fused-ring (bicyclic) bond motifs is 2. The van der Waals surface area contributed by atoms with Crippen LogP contribution in [0.3, 0.4) is 0 Å². The standard InChI is InChI=1S/C25H25N9O2/c1-25(11-30-33(2)12-25)18-7-16(18)23(35)32-20-6-13-5-19(31-22(26)17(13)10-27-20)14-4-15-9-29-34(3)24(36)21(15)28-8-14/h4-6,8-11,16,18H,7,12H2,1-3H3,(H2,26,31)(H,27,32,35)/t16-,18-,25?/m0/s1. The van der Waals surface area contributed by atoms with Crippen LogP contribution >= 0.6 is 0 Å². The van der Waals surface area contributed by atoms with Crippen molar-refractivity contribution >= 4 is 45.4 Å². The van der Waals surface area contributed by atoms with Gasteiger partial charge in [0, 0.05) is 66.9 Å². The number of nitrogen functional groups attached to an aromatic ring is 1. The minimum atomic E-state index is -0.268. The van der Waals surface area contributed by atoms with Gasteiger partial charge in [-0.1, -0.05) is 6.92 Å². The van der Waals surface area contributed by atoms with Crippen LogP contribution in [-0.2, 0) is 11.8 Å². The van der Waals surface area contributed by atoms with Crippen LogP contribution in [0.2, 0.25) is 0 Å². The number of nitrogens with zero attached hydrogens (tertiary/aromatic N) is 7. The molecule has 182 valence electrons. The van der Waals surface area contributed by atoms with Gasteiger partial charge in [0.2, 0.25) is 5.91 Å². The van der Waals surface area contributed by atoms with Crippen molar-refractivity contribution in [3.63, 3.8) is 0 Å². The molecule has 1 amide bonds. The number of nitrogens with two attached hydrogens (primary N) is 1. The molecule has 1 aliphatic heterocycles. The number of hydrazone groups is 1. The van der Waals surface area contributed by atoms with Crippen molar-refractivity contribution in [3.05, 3.63) is 47.1 Å². The predicted molar refractivity (Wildman–Crippen MR) is 137 cm³/mol. The van der Waals surface area contributed by atoms with Crippen molar-refractivity contribution in [3.8, 4) is 11.3 Å². The van der Waals surface area contributed by atoms with E-state index < -0.39 is 0 Å². The third-order valence-corrected chi connectivity index (χ3v) is 7.17. The Kier molecular flexibility index (Phi) is 4.79. The molecule has 11 heteroatoms. The van der Waals surface area contributed by atoms with E-state index in [9.17, 15) is 9.59 Å². The summed E-state index contributed by atoms with van der Waals surface area (Å²) >= 11 is 0. The zero-order valence-corrected chi connectivity index (χ0v) is 20.1. The summed E-state index contributed by atoms with van der Waals surface area (Å²) < 4.78 is 1.24. The van der Waals surface area contributed by atoms with E-state index in [0.717, 1.165) is 18.4 Å². The van der Waals surface area contributed by atoms with E-state index in [1.54, 1.807) is 31.7 Å². The van der Waals surface area contributed by atoms with E-state index >= 15 is 0 Å². The first-order valence-corrected chi connectivity index (χ1v) is 11.7. The SMILES string of the molecule is CN1CC(C)([C@H]2C[C@@H]2C(=O)Nc2cc3cc(-c4cnc5c(=O)n(C)ncc5c4)nc(N)c3cn2)C=N1. The molecule has 1 fully saturated rings. The summed E-state index contributed by atoms with van der Waals surface area (Å²) in [6, 6.07) is 5.47. The van der Waals surface area contributed by atoms with Crippen molar-refractivity contribution in [2.45, 2.75) is 13.3 Å². The number of aromatic nitrogens is 5. The smallest absolute Gasteiger partial charge is 0.292 e. The van der Waals surface area contributed by atoms with Crippen LogP contribution in [-0.4, -0.2) is 55.5 Å². The molecule has 36 heavy (non-hydrogen) atoms. The average Bonchev–Trinajstić information content (AvgIpc) is 3.60. The second-order valence-electron chi connectivity index (χ2n) is 9.92. The Bertz CT molecular complexity index is 1650. The Hall–Kier alpha value is -4.41. The topological polar surface area (TPSA) is 144 Å². The average molecular weight is 484 g/mol. The number of rotatable bonds is 4. The normalized spacial score (nSPS) is 22.9. The number of anilines is 2. The lowest BCUT2D eigenvalue weighted by molar-refractivity contribution is -0.117. The number of carbonyl (C=O) groups excluding carboxylic acids is 1. The highest BCUT2D eigenvalue weighted by Crippen LogP contribution is 2.52. The molecule has 4 aromatic heterocycles. The Morgan fingerprint density at radius 1 is 1.14 bits per heavy atom. The maximum atomic E-state index is 12.9. The van der Waals surface area contributed by atoms with Crippen LogP contribution < -0.4 is 16.6 Å². The maximum absolute atomic E-state index is 12.9. The van der Waals surface area contributed by atoms with Gasteiger partial charge in [0.15, 0.2) is 0 Å². The molecule has 3 N–H and O–H groups in total. The Morgan fingerprint density at radius 2 is 1.97 bits per heavy atom. The molecule has 4 aromatic rings. The molecular formula is C25H25N9O2. The Labute approximate surface area is 206 Å². The predicted octanol–water partition coefficient (Wildman–Crippen LogP) is 2.03. The van der Waals surface area contributed by atoms with Crippen LogP contribution in [0.4, 0.5) is 11.6 Å². The molecule has 0 aromatic carbocycles. The van der Waals surface area contributed by atoms with Crippen molar-refractivity contribution in [2.75, 3.05) is 24.6 Å². The number of hydrogen-bond acceptors (Lipinski definition) is 9. The van der Waals surface area contributed by atoms with Gasteiger partial charge >= 0.3 is 0 Å². The van der Waals surface area contributed by atoms with Crippen molar-refractivity contribution < 1.29 is 4.79 Å². The van der Waals surface area contributed by atoms with Crippen molar-refractivity contribution in [1.82, 2.24) is 29.7 Å². The largest absolute Gasteiger partial charge is 0.383 e. The summed E-state index contributed by atoms with van der Waals surface area (Å²) in [6.45, 7) is 2.97. The van der Waals surface area contributed by atoms with E-state index in [4.69, 9.17) is 5.73 Å². The fraction of sp³-hybridized carbons (Fsp3) is 0.320. The van der Waals surface area contributed by atoms with Gasteiger partial charge in [-0.15, -0.1) is 0 Å². The molecule has 0 bridgehead atoms.